The number of nitrogens with one attached hydrogen (secondary N) is 1. The molecule has 0 saturated carbocycles. The number of aromatic nitrogens is 2. The lowest BCUT2D eigenvalue weighted by molar-refractivity contribution is 0.0166. The number of nitrogens with zero attached hydrogens (tertiary/aromatic N) is 3. The Labute approximate surface area is 148 Å². The molecule has 1 fully saturated rings. The Morgan fingerprint density at radius 3 is 2.88 bits per heavy atom. The number of amides is 1. The van der Waals surface area contributed by atoms with Crippen molar-refractivity contribution in [2.45, 2.75) is 50.8 Å². The van der Waals surface area contributed by atoms with E-state index in [1.165, 1.54) is 0 Å². The van der Waals surface area contributed by atoms with Crippen molar-refractivity contribution >= 4 is 17.9 Å². The van der Waals surface area contributed by atoms with Crippen molar-refractivity contribution in [2.75, 3.05) is 25.9 Å². The van der Waals surface area contributed by atoms with E-state index in [4.69, 9.17) is 4.74 Å². The zero-order chi connectivity index (χ0) is 17.6. The SMILES string of the molecule is CSc1nccnc1CNC[C@H]1CCCN(C(=O)OC(C)(C)C)C1. The third-order valence-corrected chi connectivity index (χ3v) is 4.55. The molecule has 0 spiro atoms. The van der Waals surface area contributed by atoms with Gasteiger partial charge in [-0.2, -0.15) is 0 Å². The lowest BCUT2D eigenvalue weighted by Gasteiger charge is -2.34. The first-order valence-electron chi connectivity index (χ1n) is 8.41. The summed E-state index contributed by atoms with van der Waals surface area (Å²) in [5.74, 6) is 0.445. The van der Waals surface area contributed by atoms with Crippen LogP contribution in [-0.2, 0) is 11.3 Å². The summed E-state index contributed by atoms with van der Waals surface area (Å²) >= 11 is 1.61. The Bertz CT molecular complexity index is 548. The van der Waals surface area contributed by atoms with Gasteiger partial charge in [0.05, 0.1) is 5.69 Å². The number of ether oxygens (including phenoxy) is 1. The number of hydrogen-bond acceptors (Lipinski definition) is 6. The van der Waals surface area contributed by atoms with Crippen LogP contribution in [0.3, 0.4) is 0 Å². The van der Waals surface area contributed by atoms with Gasteiger partial charge < -0.3 is 15.0 Å². The number of piperidine rings is 1. The van der Waals surface area contributed by atoms with E-state index in [1.807, 2.05) is 31.9 Å². The topological polar surface area (TPSA) is 67.4 Å². The normalized spacial score (nSPS) is 18.5. The van der Waals surface area contributed by atoms with Crippen LogP contribution < -0.4 is 5.32 Å². The van der Waals surface area contributed by atoms with Crippen LogP contribution in [0.15, 0.2) is 17.4 Å². The number of likely N-dealkylation sites (tertiary alicyclic amines) is 1. The van der Waals surface area contributed by atoms with Crippen LogP contribution in [0.2, 0.25) is 0 Å². The number of carbonyl (C=O) groups excluding carboxylic acids is 1. The summed E-state index contributed by atoms with van der Waals surface area (Å²) in [6.07, 6.45) is 7.39. The maximum absolute atomic E-state index is 12.2. The van der Waals surface area contributed by atoms with Crippen LogP contribution >= 0.6 is 11.8 Å². The summed E-state index contributed by atoms with van der Waals surface area (Å²) in [4.78, 5) is 22.7. The highest BCUT2D eigenvalue weighted by atomic mass is 32.2. The van der Waals surface area contributed by atoms with Crippen LogP contribution in [0.4, 0.5) is 4.79 Å². The van der Waals surface area contributed by atoms with Crippen LogP contribution in [0.5, 0.6) is 0 Å². The second-order valence-corrected chi connectivity index (χ2v) is 7.87. The van der Waals surface area contributed by atoms with Gasteiger partial charge in [0.15, 0.2) is 0 Å². The Kier molecular flexibility index (Phi) is 6.86. The van der Waals surface area contributed by atoms with E-state index in [9.17, 15) is 4.79 Å². The zero-order valence-corrected chi connectivity index (χ0v) is 15.9. The van der Waals surface area contributed by atoms with Gasteiger partial charge in [0.1, 0.15) is 10.6 Å². The summed E-state index contributed by atoms with van der Waals surface area (Å²) in [6.45, 7) is 8.80. The van der Waals surface area contributed by atoms with Gasteiger partial charge in [-0.15, -0.1) is 11.8 Å². The van der Waals surface area contributed by atoms with E-state index in [0.29, 0.717) is 12.5 Å². The molecule has 1 saturated heterocycles. The van der Waals surface area contributed by atoms with Crippen molar-refractivity contribution in [1.29, 1.82) is 0 Å². The smallest absolute Gasteiger partial charge is 0.410 e. The monoisotopic (exact) mass is 352 g/mol. The van der Waals surface area contributed by atoms with Gasteiger partial charge in [-0.3, -0.25) is 4.98 Å². The molecule has 24 heavy (non-hydrogen) atoms. The molecule has 2 rings (SSSR count). The molecule has 1 amide bonds. The molecule has 2 heterocycles. The number of hydrogen-bond donors (Lipinski definition) is 1. The van der Waals surface area contributed by atoms with E-state index in [0.717, 1.165) is 43.2 Å². The minimum Gasteiger partial charge on any atom is -0.444 e. The molecule has 1 N–H and O–H groups in total. The highest BCUT2D eigenvalue weighted by molar-refractivity contribution is 7.98. The molecule has 1 aliphatic heterocycles. The van der Waals surface area contributed by atoms with E-state index < -0.39 is 5.60 Å². The molecule has 1 aliphatic rings. The first-order chi connectivity index (χ1) is 11.4. The molecule has 0 bridgehead atoms. The molecule has 1 aromatic heterocycles. The van der Waals surface area contributed by atoms with Crippen molar-refractivity contribution in [2.24, 2.45) is 5.92 Å². The Morgan fingerprint density at radius 1 is 1.42 bits per heavy atom. The molecular weight excluding hydrogens is 324 g/mol. The minimum absolute atomic E-state index is 0.203. The average molecular weight is 353 g/mol. The fourth-order valence-electron chi connectivity index (χ4n) is 2.76. The Balaban J connectivity index is 1.80. The van der Waals surface area contributed by atoms with Gasteiger partial charge in [0.25, 0.3) is 0 Å². The van der Waals surface area contributed by atoms with Crippen molar-refractivity contribution in [3.8, 4) is 0 Å². The fraction of sp³-hybridized carbons (Fsp3) is 0.706. The van der Waals surface area contributed by atoms with E-state index >= 15 is 0 Å². The van der Waals surface area contributed by atoms with Gasteiger partial charge in [-0.1, -0.05) is 0 Å². The van der Waals surface area contributed by atoms with Crippen LogP contribution in [0.1, 0.15) is 39.3 Å². The van der Waals surface area contributed by atoms with Crippen molar-refractivity contribution in [1.82, 2.24) is 20.2 Å². The summed E-state index contributed by atoms with van der Waals surface area (Å²) < 4.78 is 5.48. The predicted molar refractivity (Wildman–Crippen MR) is 96.1 cm³/mol. The zero-order valence-electron chi connectivity index (χ0n) is 15.0. The summed E-state index contributed by atoms with van der Waals surface area (Å²) in [5, 5.41) is 4.42. The third kappa shape index (κ3) is 5.94. The van der Waals surface area contributed by atoms with Crippen LogP contribution in [0, 0.1) is 5.92 Å². The van der Waals surface area contributed by atoms with Crippen molar-refractivity contribution in [3.05, 3.63) is 18.1 Å². The van der Waals surface area contributed by atoms with Gasteiger partial charge in [-0.05, 0) is 45.8 Å². The molecule has 1 aromatic rings. The predicted octanol–water partition coefficient (Wildman–Crippen LogP) is 2.94. The van der Waals surface area contributed by atoms with Gasteiger partial charge in [0.2, 0.25) is 0 Å². The minimum atomic E-state index is -0.442. The van der Waals surface area contributed by atoms with Crippen LogP contribution in [0.25, 0.3) is 0 Å². The first kappa shape index (κ1) is 19.0. The van der Waals surface area contributed by atoms with E-state index in [1.54, 1.807) is 24.2 Å². The highest BCUT2D eigenvalue weighted by Gasteiger charge is 2.27. The molecule has 7 heteroatoms. The standard InChI is InChI=1S/C17H28N4O2S/c1-17(2,3)23-16(22)21-9-5-6-13(12-21)10-18-11-14-15(24-4)20-8-7-19-14/h7-8,13,18H,5-6,9-12H2,1-4H3/t13-/m1/s1. The van der Waals surface area contributed by atoms with Crippen molar-refractivity contribution in [3.63, 3.8) is 0 Å². The second kappa shape index (κ2) is 8.67. The molecule has 134 valence electrons. The summed E-state index contributed by atoms with van der Waals surface area (Å²) in [5.41, 5.74) is 0.535. The molecular formula is C17H28N4O2S. The maximum atomic E-state index is 12.2. The summed E-state index contributed by atoms with van der Waals surface area (Å²) in [6, 6.07) is 0. The molecule has 0 aromatic carbocycles. The molecule has 0 unspecified atom stereocenters. The maximum Gasteiger partial charge on any atom is 0.410 e. The van der Waals surface area contributed by atoms with Crippen molar-refractivity contribution < 1.29 is 9.53 Å². The largest absolute Gasteiger partial charge is 0.444 e. The lowest BCUT2D eigenvalue weighted by atomic mass is 9.98. The van der Waals surface area contributed by atoms with Gasteiger partial charge >= 0.3 is 6.09 Å². The van der Waals surface area contributed by atoms with Gasteiger partial charge in [0, 0.05) is 38.6 Å². The third-order valence-electron chi connectivity index (χ3n) is 3.83. The Hall–Kier alpha value is -1.34. The molecule has 1 atom stereocenters. The summed E-state index contributed by atoms with van der Waals surface area (Å²) in [7, 11) is 0. The molecule has 0 aliphatic carbocycles. The van der Waals surface area contributed by atoms with E-state index in [2.05, 4.69) is 15.3 Å². The fourth-order valence-corrected chi connectivity index (χ4v) is 3.29. The number of thioether (sulfide) groups is 1. The molecule has 0 radical (unpaired) electrons. The van der Waals surface area contributed by atoms with Crippen LogP contribution in [-0.4, -0.2) is 52.5 Å². The Morgan fingerprint density at radius 2 is 2.17 bits per heavy atom. The lowest BCUT2D eigenvalue weighted by Crippen LogP contribution is -2.45. The quantitative estimate of drug-likeness (QED) is 0.822. The molecule has 6 nitrogen and oxygen atoms in total. The van der Waals surface area contributed by atoms with Gasteiger partial charge in [-0.25, -0.2) is 9.78 Å². The average Bonchev–Trinajstić information content (AvgIpc) is 2.54. The van der Waals surface area contributed by atoms with E-state index in [-0.39, 0.29) is 6.09 Å². The first-order valence-corrected chi connectivity index (χ1v) is 9.64. The highest BCUT2D eigenvalue weighted by Crippen LogP contribution is 2.19. The number of rotatable bonds is 5. The second-order valence-electron chi connectivity index (χ2n) is 7.08. The number of carbonyl (C=O) groups is 1.